The van der Waals surface area contributed by atoms with Crippen LogP contribution in [0.4, 0.5) is 29.2 Å². The van der Waals surface area contributed by atoms with Gasteiger partial charge in [-0.3, -0.25) is 0 Å². The van der Waals surface area contributed by atoms with Crippen molar-refractivity contribution in [2.45, 2.75) is 40.5 Å². The number of benzene rings is 2. The van der Waals surface area contributed by atoms with Crippen LogP contribution in [0.1, 0.15) is 35.1 Å². The minimum atomic E-state index is 0.554. The van der Waals surface area contributed by atoms with Gasteiger partial charge in [0.15, 0.2) is 0 Å². The van der Waals surface area contributed by atoms with Crippen LogP contribution < -0.4 is 15.5 Å². The predicted octanol–water partition coefficient (Wildman–Crippen LogP) is 5.19. The van der Waals surface area contributed by atoms with E-state index in [0.29, 0.717) is 11.9 Å². The van der Waals surface area contributed by atoms with Crippen molar-refractivity contribution in [2.24, 2.45) is 0 Å². The lowest BCUT2D eigenvalue weighted by Gasteiger charge is -2.18. The molecule has 6 heteroatoms. The number of aromatic nitrogens is 3. The van der Waals surface area contributed by atoms with E-state index < -0.39 is 0 Å². The van der Waals surface area contributed by atoms with Crippen molar-refractivity contribution in [3.63, 3.8) is 0 Å². The molecule has 0 saturated carbocycles. The van der Waals surface area contributed by atoms with Gasteiger partial charge in [0.1, 0.15) is 0 Å². The minimum absolute atomic E-state index is 0.554. The molecular formula is C23H28N6. The van der Waals surface area contributed by atoms with Gasteiger partial charge < -0.3 is 15.5 Å². The summed E-state index contributed by atoms with van der Waals surface area (Å²) in [4.78, 5) is 16.3. The largest absolute Gasteiger partial charge is 0.341 e. The van der Waals surface area contributed by atoms with E-state index in [-0.39, 0.29) is 0 Å². The van der Waals surface area contributed by atoms with Gasteiger partial charge >= 0.3 is 0 Å². The molecule has 6 nitrogen and oxygen atoms in total. The highest BCUT2D eigenvalue weighted by Crippen LogP contribution is 2.24. The molecule has 2 aromatic carbocycles. The van der Waals surface area contributed by atoms with Crippen LogP contribution in [-0.2, 0) is 0 Å². The Kier molecular flexibility index (Phi) is 5.34. The lowest BCUT2D eigenvalue weighted by Crippen LogP contribution is -2.21. The molecule has 0 spiro atoms. The first-order chi connectivity index (χ1) is 13.9. The van der Waals surface area contributed by atoms with Crippen LogP contribution >= 0.6 is 0 Å². The zero-order chi connectivity index (χ0) is 20.4. The Morgan fingerprint density at radius 3 is 1.45 bits per heavy atom. The van der Waals surface area contributed by atoms with Gasteiger partial charge in [-0.1, -0.05) is 12.1 Å². The molecule has 0 aliphatic carbocycles. The number of nitrogens with one attached hydrogen (secondary N) is 2. The topological polar surface area (TPSA) is 66.0 Å². The standard InChI is InChI=1S/C23H28N6/c1-15-9-16(2)12-19(11-15)24-21-26-22(25-20-13-17(3)10-18(4)14-20)28-23(27-21)29-7-5-6-8-29/h9-14H,5-8H2,1-4H3,(H2,24,25,26,27,28). The van der Waals surface area contributed by atoms with Crippen LogP contribution in [0.25, 0.3) is 0 Å². The van der Waals surface area contributed by atoms with Crippen molar-refractivity contribution in [2.75, 3.05) is 28.6 Å². The van der Waals surface area contributed by atoms with Crippen molar-refractivity contribution >= 4 is 29.2 Å². The van der Waals surface area contributed by atoms with Gasteiger partial charge in [0.2, 0.25) is 17.8 Å². The summed E-state index contributed by atoms with van der Waals surface area (Å²) in [6.45, 7) is 10.3. The molecule has 0 radical (unpaired) electrons. The zero-order valence-electron chi connectivity index (χ0n) is 17.6. The SMILES string of the molecule is Cc1cc(C)cc(Nc2nc(Nc3cc(C)cc(C)c3)nc(N3CCCC3)n2)c1. The Morgan fingerprint density at radius 2 is 1.03 bits per heavy atom. The lowest BCUT2D eigenvalue weighted by molar-refractivity contribution is 0.886. The second-order valence-electron chi connectivity index (χ2n) is 7.98. The monoisotopic (exact) mass is 388 g/mol. The fourth-order valence-electron chi connectivity index (χ4n) is 3.89. The number of hydrogen-bond donors (Lipinski definition) is 2. The Balaban J connectivity index is 1.68. The molecule has 2 N–H and O–H groups in total. The van der Waals surface area contributed by atoms with Gasteiger partial charge in [-0.05, 0) is 87.1 Å². The maximum atomic E-state index is 4.70. The molecule has 2 heterocycles. The first kappa shape index (κ1) is 19.2. The van der Waals surface area contributed by atoms with E-state index in [1.165, 1.54) is 35.1 Å². The first-order valence-electron chi connectivity index (χ1n) is 10.2. The van der Waals surface area contributed by atoms with Gasteiger partial charge in [0.25, 0.3) is 0 Å². The second-order valence-corrected chi connectivity index (χ2v) is 7.98. The van der Waals surface area contributed by atoms with Gasteiger partial charge in [0.05, 0.1) is 0 Å². The molecule has 0 unspecified atom stereocenters. The Hall–Kier alpha value is -3.15. The van der Waals surface area contributed by atoms with E-state index in [1.54, 1.807) is 0 Å². The molecule has 1 aliphatic rings. The number of rotatable bonds is 5. The summed E-state index contributed by atoms with van der Waals surface area (Å²) in [5.74, 6) is 1.83. The van der Waals surface area contributed by atoms with Crippen LogP contribution in [0.3, 0.4) is 0 Å². The van der Waals surface area contributed by atoms with Crippen LogP contribution in [0.15, 0.2) is 36.4 Å². The van der Waals surface area contributed by atoms with E-state index in [1.807, 2.05) is 0 Å². The van der Waals surface area contributed by atoms with E-state index in [4.69, 9.17) is 9.97 Å². The summed E-state index contributed by atoms with van der Waals surface area (Å²) < 4.78 is 0. The highest BCUT2D eigenvalue weighted by Gasteiger charge is 2.18. The maximum Gasteiger partial charge on any atom is 0.233 e. The molecule has 1 saturated heterocycles. The van der Waals surface area contributed by atoms with E-state index in [0.717, 1.165) is 30.4 Å². The molecule has 0 atom stereocenters. The van der Waals surface area contributed by atoms with E-state index in [9.17, 15) is 0 Å². The molecule has 4 rings (SSSR count). The van der Waals surface area contributed by atoms with Crippen molar-refractivity contribution in [3.05, 3.63) is 58.7 Å². The highest BCUT2D eigenvalue weighted by atomic mass is 15.3. The average molecular weight is 389 g/mol. The quantitative estimate of drug-likeness (QED) is 0.627. The summed E-state index contributed by atoms with van der Waals surface area (Å²) >= 11 is 0. The van der Waals surface area contributed by atoms with Crippen molar-refractivity contribution in [3.8, 4) is 0 Å². The smallest absolute Gasteiger partial charge is 0.233 e. The van der Waals surface area contributed by atoms with Crippen LogP contribution in [0, 0.1) is 27.7 Å². The van der Waals surface area contributed by atoms with Crippen LogP contribution in [-0.4, -0.2) is 28.0 Å². The Morgan fingerprint density at radius 1 is 0.621 bits per heavy atom. The van der Waals surface area contributed by atoms with Gasteiger partial charge in [0, 0.05) is 24.5 Å². The molecule has 1 fully saturated rings. The summed E-state index contributed by atoms with van der Waals surface area (Å²) in [6.07, 6.45) is 2.34. The lowest BCUT2D eigenvalue weighted by atomic mass is 10.1. The first-order valence-corrected chi connectivity index (χ1v) is 10.2. The number of nitrogens with zero attached hydrogens (tertiary/aromatic N) is 4. The summed E-state index contributed by atoms with van der Waals surface area (Å²) in [5, 5.41) is 6.74. The van der Waals surface area contributed by atoms with Crippen molar-refractivity contribution < 1.29 is 0 Å². The van der Waals surface area contributed by atoms with Crippen LogP contribution in [0.5, 0.6) is 0 Å². The molecule has 150 valence electrons. The fourth-order valence-corrected chi connectivity index (χ4v) is 3.89. The fraction of sp³-hybridized carbons (Fsp3) is 0.348. The Bertz CT molecular complexity index is 912. The zero-order valence-corrected chi connectivity index (χ0v) is 17.6. The molecular weight excluding hydrogens is 360 g/mol. The minimum Gasteiger partial charge on any atom is -0.341 e. The van der Waals surface area contributed by atoms with E-state index in [2.05, 4.69) is 84.6 Å². The third kappa shape index (κ3) is 4.83. The molecule has 0 amide bonds. The molecule has 1 aliphatic heterocycles. The number of anilines is 5. The van der Waals surface area contributed by atoms with Crippen molar-refractivity contribution in [1.29, 1.82) is 0 Å². The third-order valence-corrected chi connectivity index (χ3v) is 4.97. The van der Waals surface area contributed by atoms with Gasteiger partial charge in [-0.15, -0.1) is 0 Å². The molecule has 29 heavy (non-hydrogen) atoms. The van der Waals surface area contributed by atoms with Crippen LogP contribution in [0.2, 0.25) is 0 Å². The average Bonchev–Trinajstić information content (AvgIpc) is 3.14. The number of aryl methyl sites for hydroxylation is 4. The third-order valence-electron chi connectivity index (χ3n) is 4.97. The molecule has 3 aromatic rings. The van der Waals surface area contributed by atoms with Crippen molar-refractivity contribution in [1.82, 2.24) is 15.0 Å². The normalized spacial score (nSPS) is 13.6. The number of hydrogen-bond acceptors (Lipinski definition) is 6. The molecule has 0 bridgehead atoms. The predicted molar refractivity (Wildman–Crippen MR) is 120 cm³/mol. The summed E-state index contributed by atoms with van der Waals surface area (Å²) in [6, 6.07) is 12.7. The Labute approximate surface area is 172 Å². The molecule has 1 aromatic heterocycles. The summed E-state index contributed by atoms with van der Waals surface area (Å²) in [7, 11) is 0. The van der Waals surface area contributed by atoms with E-state index >= 15 is 0 Å². The van der Waals surface area contributed by atoms with Gasteiger partial charge in [-0.2, -0.15) is 15.0 Å². The highest BCUT2D eigenvalue weighted by molar-refractivity contribution is 5.61. The maximum absolute atomic E-state index is 4.70. The van der Waals surface area contributed by atoms with Gasteiger partial charge in [-0.25, -0.2) is 0 Å². The second kappa shape index (κ2) is 8.07. The summed E-state index contributed by atoms with van der Waals surface area (Å²) in [5.41, 5.74) is 6.78.